The summed E-state index contributed by atoms with van der Waals surface area (Å²) in [7, 11) is 0. The van der Waals surface area contributed by atoms with Crippen LogP contribution in [0.4, 0.5) is 0 Å². The van der Waals surface area contributed by atoms with Crippen LogP contribution < -0.4 is 5.32 Å². The second-order valence-electron chi connectivity index (χ2n) is 6.83. The van der Waals surface area contributed by atoms with Crippen molar-refractivity contribution in [3.05, 3.63) is 0 Å². The Morgan fingerprint density at radius 3 is 2.24 bits per heavy atom. The first-order valence-electron chi connectivity index (χ1n) is 7.96. The standard InChI is InChI=1S/C16H30N2O3/c1-10(2)9-13-16(20)18(7-8-21-12(5)6)14(11(3)4)15(19)17-13/h10-14H,7-9H2,1-6H3,(H,17,19). The highest BCUT2D eigenvalue weighted by Crippen LogP contribution is 2.20. The first-order chi connectivity index (χ1) is 9.73. The molecule has 2 atom stereocenters. The Kier molecular flexibility index (Phi) is 6.65. The predicted molar refractivity (Wildman–Crippen MR) is 82.8 cm³/mol. The normalized spacial score (nSPS) is 23.4. The molecule has 2 unspecified atom stereocenters. The molecule has 1 saturated heterocycles. The van der Waals surface area contributed by atoms with Gasteiger partial charge in [0.15, 0.2) is 0 Å². The summed E-state index contributed by atoms with van der Waals surface area (Å²) in [4.78, 5) is 26.7. The average Bonchev–Trinajstić information content (AvgIpc) is 2.33. The highest BCUT2D eigenvalue weighted by Gasteiger charge is 2.41. The molecule has 0 aromatic rings. The molecule has 5 nitrogen and oxygen atoms in total. The minimum absolute atomic E-state index is 0.0226. The number of carbonyl (C=O) groups is 2. The van der Waals surface area contributed by atoms with Crippen molar-refractivity contribution in [3.8, 4) is 0 Å². The Labute approximate surface area is 128 Å². The molecule has 5 heteroatoms. The molecule has 1 fully saturated rings. The van der Waals surface area contributed by atoms with E-state index in [9.17, 15) is 9.59 Å². The molecule has 0 aliphatic carbocycles. The summed E-state index contributed by atoms with van der Waals surface area (Å²) < 4.78 is 5.55. The van der Waals surface area contributed by atoms with E-state index in [0.717, 1.165) is 0 Å². The first-order valence-corrected chi connectivity index (χ1v) is 7.96. The molecule has 1 rings (SSSR count). The van der Waals surface area contributed by atoms with E-state index in [0.29, 0.717) is 25.5 Å². The molecule has 1 heterocycles. The fraction of sp³-hybridized carbons (Fsp3) is 0.875. The molecular formula is C16H30N2O3. The van der Waals surface area contributed by atoms with Gasteiger partial charge in [-0.3, -0.25) is 9.59 Å². The van der Waals surface area contributed by atoms with E-state index in [1.54, 1.807) is 4.90 Å². The lowest BCUT2D eigenvalue weighted by molar-refractivity contribution is -0.152. The van der Waals surface area contributed by atoms with Gasteiger partial charge >= 0.3 is 0 Å². The summed E-state index contributed by atoms with van der Waals surface area (Å²) in [6, 6.07) is -0.789. The molecule has 0 radical (unpaired) electrons. The van der Waals surface area contributed by atoms with Gasteiger partial charge in [0.2, 0.25) is 11.8 Å². The van der Waals surface area contributed by atoms with E-state index in [-0.39, 0.29) is 23.8 Å². The van der Waals surface area contributed by atoms with E-state index in [4.69, 9.17) is 4.74 Å². The Bertz CT molecular complexity index is 367. The second kappa shape index (κ2) is 7.78. The quantitative estimate of drug-likeness (QED) is 0.780. The number of hydrogen-bond donors (Lipinski definition) is 1. The lowest BCUT2D eigenvalue weighted by atomic mass is 9.93. The van der Waals surface area contributed by atoms with Crippen LogP contribution in [0.3, 0.4) is 0 Å². The summed E-state index contributed by atoms with van der Waals surface area (Å²) >= 11 is 0. The fourth-order valence-corrected chi connectivity index (χ4v) is 2.73. The van der Waals surface area contributed by atoms with E-state index in [1.165, 1.54) is 0 Å². The number of ether oxygens (including phenoxy) is 1. The lowest BCUT2D eigenvalue weighted by Gasteiger charge is -2.41. The summed E-state index contributed by atoms with van der Waals surface area (Å²) in [6.07, 6.45) is 0.805. The molecule has 0 saturated carbocycles. The van der Waals surface area contributed by atoms with Gasteiger partial charge in [-0.25, -0.2) is 0 Å². The van der Waals surface area contributed by atoms with Crippen LogP contribution in [0.2, 0.25) is 0 Å². The van der Waals surface area contributed by atoms with Gasteiger partial charge in [0, 0.05) is 6.54 Å². The summed E-state index contributed by atoms with van der Waals surface area (Å²) in [5.41, 5.74) is 0. The molecule has 0 spiro atoms. The second-order valence-corrected chi connectivity index (χ2v) is 6.83. The fourth-order valence-electron chi connectivity index (χ4n) is 2.73. The number of piperazine rings is 1. The number of hydrogen-bond acceptors (Lipinski definition) is 3. The summed E-state index contributed by atoms with van der Waals surface area (Å²) in [5.74, 6) is 0.436. The van der Waals surface area contributed by atoms with Crippen LogP contribution in [0.15, 0.2) is 0 Å². The average molecular weight is 298 g/mol. The predicted octanol–water partition coefficient (Wildman–Crippen LogP) is 1.81. The number of nitrogens with one attached hydrogen (secondary N) is 1. The molecule has 0 aromatic heterocycles. The number of rotatable bonds is 7. The molecule has 1 N–H and O–H groups in total. The Morgan fingerprint density at radius 2 is 1.76 bits per heavy atom. The first kappa shape index (κ1) is 18.0. The maximum Gasteiger partial charge on any atom is 0.245 e. The van der Waals surface area contributed by atoms with Crippen molar-refractivity contribution in [1.82, 2.24) is 10.2 Å². The number of carbonyl (C=O) groups excluding carboxylic acids is 2. The van der Waals surface area contributed by atoms with Gasteiger partial charge in [0.25, 0.3) is 0 Å². The van der Waals surface area contributed by atoms with E-state index in [1.807, 2.05) is 27.7 Å². The Balaban J connectivity index is 2.82. The van der Waals surface area contributed by atoms with Crippen LogP contribution in [0, 0.1) is 11.8 Å². The largest absolute Gasteiger partial charge is 0.377 e. The van der Waals surface area contributed by atoms with Crippen LogP contribution in [0.25, 0.3) is 0 Å². The van der Waals surface area contributed by atoms with Crippen molar-refractivity contribution < 1.29 is 14.3 Å². The molecule has 0 aromatic carbocycles. The number of amides is 2. The van der Waals surface area contributed by atoms with Crippen LogP contribution in [-0.2, 0) is 14.3 Å². The Hall–Kier alpha value is -1.10. The molecule has 2 amide bonds. The Morgan fingerprint density at radius 1 is 1.14 bits per heavy atom. The van der Waals surface area contributed by atoms with Gasteiger partial charge < -0.3 is 15.0 Å². The van der Waals surface area contributed by atoms with Gasteiger partial charge in [-0.1, -0.05) is 27.7 Å². The van der Waals surface area contributed by atoms with Gasteiger partial charge in [-0.05, 0) is 32.1 Å². The molecular weight excluding hydrogens is 268 g/mol. The summed E-state index contributed by atoms with van der Waals surface area (Å²) in [6.45, 7) is 12.9. The van der Waals surface area contributed by atoms with Crippen molar-refractivity contribution in [2.24, 2.45) is 11.8 Å². The van der Waals surface area contributed by atoms with Crippen molar-refractivity contribution in [2.45, 2.75) is 66.2 Å². The third-order valence-electron chi connectivity index (χ3n) is 3.62. The van der Waals surface area contributed by atoms with Crippen molar-refractivity contribution in [1.29, 1.82) is 0 Å². The van der Waals surface area contributed by atoms with E-state index < -0.39 is 12.1 Å². The summed E-state index contributed by atoms with van der Waals surface area (Å²) in [5, 5.41) is 2.89. The molecule has 0 bridgehead atoms. The van der Waals surface area contributed by atoms with Gasteiger partial charge in [-0.15, -0.1) is 0 Å². The number of nitrogens with zero attached hydrogens (tertiary/aromatic N) is 1. The highest BCUT2D eigenvalue weighted by atomic mass is 16.5. The smallest absolute Gasteiger partial charge is 0.245 e. The highest BCUT2D eigenvalue weighted by molar-refractivity contribution is 5.97. The monoisotopic (exact) mass is 298 g/mol. The van der Waals surface area contributed by atoms with Crippen LogP contribution in [-0.4, -0.2) is 48.1 Å². The topological polar surface area (TPSA) is 58.6 Å². The maximum absolute atomic E-state index is 12.7. The minimum atomic E-state index is -0.397. The van der Waals surface area contributed by atoms with Crippen LogP contribution in [0.5, 0.6) is 0 Å². The van der Waals surface area contributed by atoms with Crippen LogP contribution in [0.1, 0.15) is 48.0 Å². The van der Waals surface area contributed by atoms with Crippen LogP contribution >= 0.6 is 0 Å². The molecule has 21 heavy (non-hydrogen) atoms. The molecule has 122 valence electrons. The van der Waals surface area contributed by atoms with Crippen molar-refractivity contribution in [3.63, 3.8) is 0 Å². The SMILES string of the molecule is CC(C)CC1NC(=O)C(C(C)C)N(CCOC(C)C)C1=O. The zero-order valence-corrected chi connectivity index (χ0v) is 14.2. The van der Waals surface area contributed by atoms with Gasteiger partial charge in [0.05, 0.1) is 12.7 Å². The van der Waals surface area contributed by atoms with Gasteiger partial charge in [0.1, 0.15) is 12.1 Å². The third-order valence-corrected chi connectivity index (χ3v) is 3.62. The zero-order chi connectivity index (χ0) is 16.2. The minimum Gasteiger partial charge on any atom is -0.377 e. The van der Waals surface area contributed by atoms with Crippen molar-refractivity contribution >= 4 is 11.8 Å². The zero-order valence-electron chi connectivity index (χ0n) is 14.2. The maximum atomic E-state index is 12.7. The molecule has 1 aliphatic rings. The van der Waals surface area contributed by atoms with E-state index in [2.05, 4.69) is 19.2 Å². The van der Waals surface area contributed by atoms with E-state index >= 15 is 0 Å². The van der Waals surface area contributed by atoms with Crippen molar-refractivity contribution in [2.75, 3.05) is 13.2 Å². The lowest BCUT2D eigenvalue weighted by Crippen LogP contribution is -2.65. The third kappa shape index (κ3) is 4.99. The molecule has 1 aliphatic heterocycles. The van der Waals surface area contributed by atoms with Gasteiger partial charge in [-0.2, -0.15) is 0 Å².